The van der Waals surface area contributed by atoms with E-state index in [1.165, 1.54) is 42.3 Å². The van der Waals surface area contributed by atoms with Crippen LogP contribution in [0.3, 0.4) is 0 Å². The van der Waals surface area contributed by atoms with Crippen molar-refractivity contribution in [2.45, 2.75) is 31.3 Å². The highest BCUT2D eigenvalue weighted by atomic mass is 19.4. The van der Waals surface area contributed by atoms with Crippen LogP contribution < -0.4 is 24.8 Å². The Labute approximate surface area is 243 Å². The van der Waals surface area contributed by atoms with E-state index >= 15 is 0 Å². The molecule has 2 atom stereocenters. The van der Waals surface area contributed by atoms with Crippen LogP contribution in [0.15, 0.2) is 60.7 Å². The first-order valence-corrected chi connectivity index (χ1v) is 13.3. The van der Waals surface area contributed by atoms with Crippen molar-refractivity contribution < 1.29 is 46.2 Å². The Morgan fingerprint density at radius 3 is 2.65 bits per heavy atom. The van der Waals surface area contributed by atoms with Gasteiger partial charge in [0.25, 0.3) is 17.7 Å². The van der Waals surface area contributed by atoms with Crippen LogP contribution in [-0.2, 0) is 17.5 Å². The molecule has 0 radical (unpaired) electrons. The molecule has 0 saturated carbocycles. The number of carbonyl (C=O) groups is 3. The van der Waals surface area contributed by atoms with Gasteiger partial charge in [0.2, 0.25) is 0 Å². The maximum absolute atomic E-state index is 14.5. The molecule has 0 spiro atoms. The minimum absolute atomic E-state index is 0.0163. The molecule has 0 unspecified atom stereocenters. The minimum Gasteiger partial charge on any atom is -0.493 e. The fourth-order valence-electron chi connectivity index (χ4n) is 4.95. The van der Waals surface area contributed by atoms with Crippen molar-refractivity contribution >= 4 is 17.7 Å². The van der Waals surface area contributed by atoms with E-state index in [1.54, 1.807) is 6.07 Å². The number of rotatable bonds is 2. The number of methoxy groups -OCH3 is 1. The van der Waals surface area contributed by atoms with Gasteiger partial charge in [0.15, 0.2) is 18.1 Å². The number of piperidine rings is 1. The lowest BCUT2D eigenvalue weighted by molar-refractivity contribution is -0.137. The predicted molar refractivity (Wildman–Crippen MR) is 144 cm³/mol. The lowest BCUT2D eigenvalue weighted by atomic mass is 9.99. The molecular formula is C30H27F4N3O6. The van der Waals surface area contributed by atoms with Crippen molar-refractivity contribution in [3.05, 3.63) is 88.7 Å². The number of benzene rings is 3. The molecule has 226 valence electrons. The number of fused-ring (bicyclic) bond motifs is 5. The molecule has 5 rings (SSSR count). The smallest absolute Gasteiger partial charge is 0.416 e. The topological polar surface area (TPSA) is 106 Å². The predicted octanol–water partition coefficient (Wildman–Crippen LogP) is 3.95. The number of amides is 3. The molecule has 2 heterocycles. The molecule has 4 bridgehead atoms. The molecule has 1 saturated heterocycles. The fourth-order valence-corrected chi connectivity index (χ4v) is 4.95. The highest BCUT2D eigenvalue weighted by molar-refractivity contribution is 5.96. The first-order chi connectivity index (χ1) is 20.5. The van der Waals surface area contributed by atoms with Crippen molar-refractivity contribution in [2.75, 3.05) is 26.8 Å². The van der Waals surface area contributed by atoms with Gasteiger partial charge in [0, 0.05) is 43.2 Å². The van der Waals surface area contributed by atoms with E-state index in [0.717, 1.165) is 24.3 Å². The molecule has 2 aliphatic rings. The molecule has 43 heavy (non-hydrogen) atoms. The number of nitrogens with one attached hydrogen (secondary N) is 2. The fraction of sp³-hybridized carbons (Fsp3) is 0.300. The number of nitrogens with zero attached hydrogens (tertiary/aromatic N) is 1. The summed E-state index contributed by atoms with van der Waals surface area (Å²) in [6, 6.07) is 11.6. The zero-order valence-electron chi connectivity index (χ0n) is 22.9. The molecule has 1 fully saturated rings. The maximum atomic E-state index is 14.5. The largest absolute Gasteiger partial charge is 0.493 e. The molecule has 13 heteroatoms. The quantitative estimate of drug-likeness (QED) is 0.431. The van der Waals surface area contributed by atoms with Gasteiger partial charge in [-0.2, -0.15) is 13.2 Å². The highest BCUT2D eigenvalue weighted by Crippen LogP contribution is 2.31. The van der Waals surface area contributed by atoms with Crippen LogP contribution >= 0.6 is 0 Å². The second kappa shape index (κ2) is 12.2. The van der Waals surface area contributed by atoms with Gasteiger partial charge in [-0.25, -0.2) is 4.39 Å². The molecule has 2 aliphatic heterocycles. The van der Waals surface area contributed by atoms with Gasteiger partial charge in [0.05, 0.1) is 18.7 Å². The Morgan fingerprint density at radius 1 is 1.07 bits per heavy atom. The van der Waals surface area contributed by atoms with E-state index in [2.05, 4.69) is 10.6 Å². The van der Waals surface area contributed by atoms with Gasteiger partial charge in [-0.05, 0) is 54.1 Å². The second-order valence-corrected chi connectivity index (χ2v) is 10.1. The number of alkyl halides is 3. The third-order valence-corrected chi connectivity index (χ3v) is 7.08. The van der Waals surface area contributed by atoms with Crippen LogP contribution in [0.5, 0.6) is 17.2 Å². The van der Waals surface area contributed by atoms with Crippen molar-refractivity contribution in [1.82, 2.24) is 15.5 Å². The number of carbonyl (C=O) groups excluding carboxylic acids is 3. The Morgan fingerprint density at radius 2 is 1.88 bits per heavy atom. The van der Waals surface area contributed by atoms with E-state index < -0.39 is 54.0 Å². The molecule has 0 aromatic heterocycles. The Bertz CT molecular complexity index is 1550. The number of halogens is 4. The van der Waals surface area contributed by atoms with Gasteiger partial charge >= 0.3 is 6.18 Å². The molecule has 3 aromatic carbocycles. The van der Waals surface area contributed by atoms with Gasteiger partial charge in [0.1, 0.15) is 17.7 Å². The van der Waals surface area contributed by atoms with Crippen LogP contribution in [0.25, 0.3) is 0 Å². The Hall–Kier alpha value is -4.81. The van der Waals surface area contributed by atoms with E-state index in [1.807, 2.05) is 0 Å². The minimum atomic E-state index is -4.62. The zero-order chi connectivity index (χ0) is 30.7. The van der Waals surface area contributed by atoms with Crippen molar-refractivity contribution in [3.8, 4) is 17.2 Å². The van der Waals surface area contributed by atoms with Gasteiger partial charge < -0.3 is 29.7 Å². The van der Waals surface area contributed by atoms with E-state index in [9.17, 15) is 31.9 Å². The van der Waals surface area contributed by atoms with Crippen LogP contribution in [0.4, 0.5) is 17.6 Å². The third-order valence-electron chi connectivity index (χ3n) is 7.08. The average Bonchev–Trinajstić information content (AvgIpc) is 2.98. The molecular weight excluding hydrogens is 574 g/mol. The lowest BCUT2D eigenvalue weighted by Gasteiger charge is -2.39. The summed E-state index contributed by atoms with van der Waals surface area (Å²) in [5, 5.41) is 5.48. The van der Waals surface area contributed by atoms with E-state index in [-0.39, 0.29) is 54.4 Å². The molecule has 3 amide bonds. The molecule has 3 aromatic rings. The van der Waals surface area contributed by atoms with Crippen molar-refractivity contribution in [1.29, 1.82) is 0 Å². The van der Waals surface area contributed by atoms with Gasteiger partial charge in [-0.15, -0.1) is 0 Å². The van der Waals surface area contributed by atoms with Crippen molar-refractivity contribution in [2.24, 2.45) is 0 Å². The average molecular weight is 602 g/mol. The molecule has 0 aliphatic carbocycles. The Kier molecular flexibility index (Phi) is 8.42. The summed E-state index contributed by atoms with van der Waals surface area (Å²) in [5.74, 6) is -1.78. The summed E-state index contributed by atoms with van der Waals surface area (Å²) in [4.78, 5) is 40.4. The zero-order valence-corrected chi connectivity index (χ0v) is 22.9. The van der Waals surface area contributed by atoms with Crippen LogP contribution in [-0.4, -0.2) is 61.6 Å². The summed E-state index contributed by atoms with van der Waals surface area (Å²) in [5.41, 5.74) is -0.545. The summed E-state index contributed by atoms with van der Waals surface area (Å²) < 4.78 is 71.3. The van der Waals surface area contributed by atoms with Crippen LogP contribution in [0.1, 0.15) is 38.3 Å². The number of hydrogen-bond donors (Lipinski definition) is 2. The highest BCUT2D eigenvalue weighted by Gasteiger charge is 2.36. The summed E-state index contributed by atoms with van der Waals surface area (Å²) >= 11 is 0. The first kappa shape index (κ1) is 29.7. The van der Waals surface area contributed by atoms with Gasteiger partial charge in [-0.1, -0.05) is 6.07 Å². The first-order valence-electron chi connectivity index (χ1n) is 13.3. The normalized spacial score (nSPS) is 19.2. The van der Waals surface area contributed by atoms with E-state index in [0.29, 0.717) is 5.56 Å². The SMILES string of the molecule is COc1ccc2cc1OCC(=O)NCc1cc(F)cc(c1)O[C@@H]1CCN(C(=O)c3cccc(C(F)(F)F)c3)C[C@@H]1NC2=O. The third kappa shape index (κ3) is 6.99. The van der Waals surface area contributed by atoms with E-state index in [4.69, 9.17) is 14.2 Å². The second-order valence-electron chi connectivity index (χ2n) is 10.1. The summed E-state index contributed by atoms with van der Waals surface area (Å²) in [6.45, 7) is -0.414. The van der Waals surface area contributed by atoms with Crippen molar-refractivity contribution in [3.63, 3.8) is 0 Å². The monoisotopic (exact) mass is 601 g/mol. The summed E-state index contributed by atoms with van der Waals surface area (Å²) in [6.07, 6.45) is -5.18. The number of likely N-dealkylation sites (tertiary alicyclic amines) is 1. The van der Waals surface area contributed by atoms with Crippen LogP contribution in [0, 0.1) is 5.82 Å². The Balaban J connectivity index is 1.46. The summed E-state index contributed by atoms with van der Waals surface area (Å²) in [7, 11) is 1.40. The molecule has 9 nitrogen and oxygen atoms in total. The maximum Gasteiger partial charge on any atom is 0.416 e. The lowest BCUT2D eigenvalue weighted by Crippen LogP contribution is -2.58. The number of hydrogen-bond acceptors (Lipinski definition) is 6. The number of ether oxygens (including phenoxy) is 3. The standard InChI is InChI=1S/C30H27F4N3O6/c1-41-25-6-5-18-12-26(25)42-16-27(38)35-14-17-9-21(31)13-22(10-17)43-24-7-8-37(15-23(24)36-28(18)39)29(40)19-3-2-4-20(11-19)30(32,33)34/h2-6,9-13,23-24H,7-8,14-16H2,1H3,(H,35,38)(H,36,39)/t23-,24+/m0/s1. The molecule has 2 N–H and O–H groups in total. The van der Waals surface area contributed by atoms with Gasteiger partial charge in [-0.3, -0.25) is 14.4 Å². The van der Waals surface area contributed by atoms with Crippen LogP contribution in [0.2, 0.25) is 0 Å².